The molecule has 1 aliphatic heterocycles. The highest BCUT2D eigenvalue weighted by molar-refractivity contribution is 6.03. The Morgan fingerprint density at radius 3 is 2.66 bits per heavy atom. The first-order valence-electron chi connectivity index (χ1n) is 9.71. The van der Waals surface area contributed by atoms with Crippen LogP contribution in [0.15, 0.2) is 59.1 Å². The predicted octanol–water partition coefficient (Wildman–Crippen LogP) is 3.65. The second-order valence-electron chi connectivity index (χ2n) is 7.02. The smallest absolute Gasteiger partial charge is 0.344 e. The summed E-state index contributed by atoms with van der Waals surface area (Å²) >= 11 is 0. The predicted molar refractivity (Wildman–Crippen MR) is 109 cm³/mol. The van der Waals surface area contributed by atoms with Crippen LogP contribution >= 0.6 is 0 Å². The van der Waals surface area contributed by atoms with Gasteiger partial charge in [-0.05, 0) is 37.5 Å². The topological polar surface area (TPSA) is 89.1 Å². The molecule has 1 amide bonds. The number of amides is 1. The Bertz CT molecular complexity index is 1160. The molecule has 4 aromatic rings. The van der Waals surface area contributed by atoms with Gasteiger partial charge in [0.1, 0.15) is 0 Å². The molecule has 0 radical (unpaired) electrons. The maximum absolute atomic E-state index is 12.7. The Morgan fingerprint density at radius 2 is 1.76 bits per heavy atom. The summed E-state index contributed by atoms with van der Waals surface area (Å²) in [5.74, 6) is -0.544. The number of carbonyl (C=O) groups excluding carboxylic acids is 1. The third-order valence-corrected chi connectivity index (χ3v) is 5.12. The van der Waals surface area contributed by atoms with Gasteiger partial charge in [-0.2, -0.15) is 9.78 Å². The van der Waals surface area contributed by atoms with E-state index in [1.165, 1.54) is 11.1 Å². The Morgan fingerprint density at radius 1 is 0.966 bits per heavy atom. The summed E-state index contributed by atoms with van der Waals surface area (Å²) in [4.78, 5) is 15.0. The summed E-state index contributed by atoms with van der Waals surface area (Å²) in [6.07, 6.45) is 5.28. The normalized spacial score (nSPS) is 14.3. The van der Waals surface area contributed by atoms with Gasteiger partial charge in [0.05, 0.1) is 23.1 Å². The van der Waals surface area contributed by atoms with Crippen LogP contribution in [-0.4, -0.2) is 39.0 Å². The Hall–Kier alpha value is -3.68. The van der Waals surface area contributed by atoms with Gasteiger partial charge in [-0.15, -0.1) is 5.10 Å². The van der Waals surface area contributed by atoms with Crippen molar-refractivity contribution in [3.05, 3.63) is 60.6 Å². The summed E-state index contributed by atoms with van der Waals surface area (Å²) < 4.78 is 7.14. The molecule has 146 valence electrons. The zero-order valence-corrected chi connectivity index (χ0v) is 15.8. The van der Waals surface area contributed by atoms with Crippen LogP contribution in [0, 0.1) is 0 Å². The van der Waals surface area contributed by atoms with Gasteiger partial charge in [-0.25, -0.2) is 0 Å². The number of hydrogen-bond donors (Lipinski definition) is 1. The van der Waals surface area contributed by atoms with Crippen LogP contribution in [0.4, 0.5) is 11.4 Å². The SMILES string of the molecule is O=C(Nc1ccccc1N1CCCCC1)c1nnc(-n2ncc3ccccc32)o1. The highest BCUT2D eigenvalue weighted by Gasteiger charge is 2.20. The van der Waals surface area contributed by atoms with E-state index in [9.17, 15) is 4.79 Å². The average molecular weight is 388 g/mol. The fraction of sp³-hybridized carbons (Fsp3) is 0.238. The van der Waals surface area contributed by atoms with Crippen LogP contribution in [0.25, 0.3) is 16.9 Å². The number of hydrogen-bond acceptors (Lipinski definition) is 6. The van der Waals surface area contributed by atoms with E-state index in [0.29, 0.717) is 0 Å². The van der Waals surface area contributed by atoms with E-state index in [1.54, 1.807) is 6.20 Å². The molecule has 8 nitrogen and oxygen atoms in total. The van der Waals surface area contributed by atoms with Crippen LogP contribution in [0.1, 0.15) is 29.9 Å². The van der Waals surface area contributed by atoms with Crippen molar-refractivity contribution in [2.24, 2.45) is 0 Å². The molecule has 2 aromatic heterocycles. The molecule has 1 fully saturated rings. The first-order chi connectivity index (χ1) is 14.3. The van der Waals surface area contributed by atoms with E-state index in [0.717, 1.165) is 48.2 Å². The van der Waals surface area contributed by atoms with Gasteiger partial charge < -0.3 is 14.6 Å². The number of fused-ring (bicyclic) bond motifs is 1. The number of para-hydroxylation sites is 3. The van der Waals surface area contributed by atoms with E-state index >= 15 is 0 Å². The highest BCUT2D eigenvalue weighted by atomic mass is 16.4. The zero-order chi connectivity index (χ0) is 19.6. The number of nitrogens with one attached hydrogen (secondary N) is 1. The van der Waals surface area contributed by atoms with Crippen molar-refractivity contribution in [1.82, 2.24) is 20.0 Å². The van der Waals surface area contributed by atoms with Gasteiger partial charge >= 0.3 is 17.8 Å². The van der Waals surface area contributed by atoms with Crippen molar-refractivity contribution in [1.29, 1.82) is 0 Å². The first kappa shape index (κ1) is 17.4. The third kappa shape index (κ3) is 3.33. The number of rotatable bonds is 4. The number of benzene rings is 2. The molecule has 29 heavy (non-hydrogen) atoms. The molecule has 2 aromatic carbocycles. The quantitative estimate of drug-likeness (QED) is 0.574. The van der Waals surface area contributed by atoms with E-state index in [2.05, 4.69) is 25.5 Å². The molecule has 0 atom stereocenters. The molecule has 3 heterocycles. The standard InChI is InChI=1S/C21H20N6O2/c28-19(23-16-9-3-5-11-18(16)26-12-6-1-7-13-26)20-24-25-21(29-20)27-17-10-4-2-8-15(17)14-22-27/h2-5,8-11,14H,1,6-7,12-13H2,(H,23,28). The molecule has 1 N–H and O–H groups in total. The van der Waals surface area contributed by atoms with Crippen molar-refractivity contribution < 1.29 is 9.21 Å². The Balaban J connectivity index is 1.39. The summed E-state index contributed by atoms with van der Waals surface area (Å²) in [6.45, 7) is 1.98. The van der Waals surface area contributed by atoms with E-state index < -0.39 is 5.91 Å². The second-order valence-corrected chi connectivity index (χ2v) is 7.02. The minimum absolute atomic E-state index is 0.104. The molecule has 0 unspecified atom stereocenters. The molecule has 0 bridgehead atoms. The monoisotopic (exact) mass is 388 g/mol. The third-order valence-electron chi connectivity index (χ3n) is 5.12. The lowest BCUT2D eigenvalue weighted by Crippen LogP contribution is -2.30. The molecule has 5 rings (SSSR count). The highest BCUT2D eigenvalue weighted by Crippen LogP contribution is 2.28. The maximum atomic E-state index is 12.7. The molecule has 1 aliphatic rings. The zero-order valence-electron chi connectivity index (χ0n) is 15.8. The Kier molecular flexibility index (Phi) is 4.44. The molecule has 1 saturated heterocycles. The van der Waals surface area contributed by atoms with Crippen LogP contribution in [-0.2, 0) is 0 Å². The van der Waals surface area contributed by atoms with E-state index in [1.807, 2.05) is 48.5 Å². The average Bonchev–Trinajstić information content (AvgIpc) is 3.42. The van der Waals surface area contributed by atoms with Gasteiger partial charge in [0, 0.05) is 18.5 Å². The fourth-order valence-corrected chi connectivity index (χ4v) is 3.68. The van der Waals surface area contributed by atoms with Gasteiger partial charge in [-0.1, -0.05) is 35.4 Å². The van der Waals surface area contributed by atoms with E-state index in [-0.39, 0.29) is 11.9 Å². The van der Waals surface area contributed by atoms with Gasteiger partial charge in [0.15, 0.2) is 0 Å². The van der Waals surface area contributed by atoms with Crippen molar-refractivity contribution in [2.45, 2.75) is 19.3 Å². The molecule has 0 aliphatic carbocycles. The lowest BCUT2D eigenvalue weighted by Gasteiger charge is -2.30. The number of aromatic nitrogens is 4. The molecule has 8 heteroatoms. The lowest BCUT2D eigenvalue weighted by atomic mass is 10.1. The molecule has 0 spiro atoms. The summed E-state index contributed by atoms with van der Waals surface area (Å²) in [5.41, 5.74) is 2.58. The summed E-state index contributed by atoms with van der Waals surface area (Å²) in [6, 6.07) is 15.6. The van der Waals surface area contributed by atoms with Crippen LogP contribution < -0.4 is 10.2 Å². The number of anilines is 2. The fourth-order valence-electron chi connectivity index (χ4n) is 3.68. The largest absolute Gasteiger partial charge is 0.397 e. The minimum Gasteiger partial charge on any atom is -0.397 e. The second kappa shape index (κ2) is 7.38. The number of nitrogens with zero attached hydrogens (tertiary/aromatic N) is 5. The molecule has 0 saturated carbocycles. The summed E-state index contributed by atoms with van der Waals surface area (Å²) in [7, 11) is 0. The van der Waals surface area contributed by atoms with Crippen LogP contribution in [0.5, 0.6) is 0 Å². The van der Waals surface area contributed by atoms with Gasteiger partial charge in [0.25, 0.3) is 0 Å². The molecular weight excluding hydrogens is 368 g/mol. The van der Waals surface area contributed by atoms with E-state index in [4.69, 9.17) is 4.42 Å². The van der Waals surface area contributed by atoms with Gasteiger partial charge in [-0.3, -0.25) is 4.79 Å². The minimum atomic E-state index is -0.440. The first-order valence-corrected chi connectivity index (χ1v) is 9.71. The maximum Gasteiger partial charge on any atom is 0.344 e. The van der Waals surface area contributed by atoms with Gasteiger partial charge in [0.2, 0.25) is 0 Å². The van der Waals surface area contributed by atoms with Crippen LogP contribution in [0.2, 0.25) is 0 Å². The lowest BCUT2D eigenvalue weighted by molar-refractivity contribution is 0.0989. The van der Waals surface area contributed by atoms with Crippen molar-refractivity contribution in [3.63, 3.8) is 0 Å². The number of carbonyl (C=O) groups is 1. The van der Waals surface area contributed by atoms with Crippen molar-refractivity contribution >= 4 is 28.2 Å². The van der Waals surface area contributed by atoms with Crippen molar-refractivity contribution in [2.75, 3.05) is 23.3 Å². The summed E-state index contributed by atoms with van der Waals surface area (Å²) in [5, 5.41) is 16.1. The van der Waals surface area contributed by atoms with Crippen LogP contribution in [0.3, 0.4) is 0 Å². The number of piperidine rings is 1. The van der Waals surface area contributed by atoms with Crippen molar-refractivity contribution in [3.8, 4) is 6.01 Å². The molecular formula is C21H20N6O2. The Labute approximate surface area is 167 Å².